The third-order valence-corrected chi connectivity index (χ3v) is 7.45. The van der Waals surface area contributed by atoms with Crippen molar-refractivity contribution in [3.05, 3.63) is 160 Å². The summed E-state index contributed by atoms with van der Waals surface area (Å²) in [4.78, 5) is 83.8. The minimum atomic E-state index is -0.927. The highest BCUT2D eigenvalue weighted by molar-refractivity contribution is 5.80. The summed E-state index contributed by atoms with van der Waals surface area (Å²) in [5.41, 5.74) is 3.64. The van der Waals surface area contributed by atoms with Gasteiger partial charge in [0.15, 0.2) is 11.5 Å². The zero-order valence-corrected chi connectivity index (χ0v) is 28.7. The molecule has 0 spiro atoms. The van der Waals surface area contributed by atoms with Gasteiger partial charge in [0.25, 0.3) is 15.3 Å². The van der Waals surface area contributed by atoms with Crippen molar-refractivity contribution in [2.45, 2.75) is 58.5 Å². The van der Waals surface area contributed by atoms with E-state index in [1.54, 1.807) is 85.8 Å². The normalized spacial score (nSPS) is 11.1. The summed E-state index contributed by atoms with van der Waals surface area (Å²) in [6, 6.07) is 23.6. The van der Waals surface area contributed by atoms with Crippen molar-refractivity contribution in [1.82, 2.24) is 5.32 Å². The summed E-state index contributed by atoms with van der Waals surface area (Å²) < 4.78 is 11.3. The van der Waals surface area contributed by atoms with Gasteiger partial charge in [-0.1, -0.05) is 78.9 Å². The van der Waals surface area contributed by atoms with E-state index in [0.717, 1.165) is 0 Å². The summed E-state index contributed by atoms with van der Waals surface area (Å²) in [5, 5.41) is 31.8. The van der Waals surface area contributed by atoms with Crippen molar-refractivity contribution in [2.24, 2.45) is 0 Å². The fourth-order valence-electron chi connectivity index (χ4n) is 5.28. The van der Waals surface area contributed by atoms with Crippen LogP contribution in [0.4, 0.5) is 0 Å². The molecule has 0 heterocycles. The first-order valence-corrected chi connectivity index (χ1v) is 16.2. The number of ether oxygens (including phenoxy) is 2. The van der Waals surface area contributed by atoms with E-state index in [0.29, 0.717) is 38.9 Å². The predicted octanol–water partition coefficient (Wildman–Crippen LogP) is 4.40. The number of benzene rings is 4. The van der Waals surface area contributed by atoms with Crippen molar-refractivity contribution in [1.29, 1.82) is 0 Å². The first-order valence-electron chi connectivity index (χ1n) is 16.2. The first kappa shape index (κ1) is 39.7. The van der Waals surface area contributed by atoms with Crippen LogP contribution >= 0.6 is 0 Å². The van der Waals surface area contributed by atoms with E-state index in [9.17, 15) is 44.7 Å². The van der Waals surface area contributed by atoms with Crippen LogP contribution in [0.1, 0.15) is 45.9 Å². The van der Waals surface area contributed by atoms with Gasteiger partial charge in [-0.25, -0.2) is 0 Å². The lowest BCUT2D eigenvalue weighted by Crippen LogP contribution is -2.35. The van der Waals surface area contributed by atoms with E-state index in [1.807, 2.05) is 0 Å². The molecule has 0 radical (unpaired) electrons. The Bertz CT molecular complexity index is 2000. The lowest BCUT2D eigenvalue weighted by atomic mass is 10.0. The molecular weight excluding hydrogens is 712 g/mol. The third-order valence-electron chi connectivity index (χ3n) is 7.45. The number of rotatable bonds is 20. The molecule has 0 aliphatic heterocycles. The van der Waals surface area contributed by atoms with Gasteiger partial charge in [-0.15, -0.1) is 30.3 Å². The molecule has 54 heavy (non-hydrogen) atoms. The highest BCUT2D eigenvalue weighted by Gasteiger charge is 2.18. The van der Waals surface area contributed by atoms with E-state index in [2.05, 4.69) is 19.8 Å². The highest BCUT2D eigenvalue weighted by Crippen LogP contribution is 2.30. The number of esters is 2. The Morgan fingerprint density at radius 2 is 0.963 bits per heavy atom. The lowest BCUT2D eigenvalue weighted by Gasteiger charge is -2.16. The van der Waals surface area contributed by atoms with Gasteiger partial charge >= 0.3 is 11.9 Å². The Kier molecular flexibility index (Phi) is 14.3. The second-order valence-electron chi connectivity index (χ2n) is 11.9. The van der Waals surface area contributed by atoms with Crippen molar-refractivity contribution in [3.8, 4) is 11.5 Å². The standard InChI is InChI=1S/C36H34N4O14/c1-24(37-34(41)18-25-5-2-8-29(14-25)21-50-38(44)45)13-28-11-12-32(53-35(42)19-26-6-3-9-30(15-26)22-51-39(46)47)33(17-28)54-36(43)20-27-7-4-10-31(16-27)23-52-40(48)49/h2-12,14-17,24H,13,18-23H2,1H3,(H,37,41). The molecule has 0 saturated carbocycles. The molecule has 282 valence electrons. The number of nitrogens with one attached hydrogen (secondary N) is 1. The van der Waals surface area contributed by atoms with Crippen LogP contribution in [0.2, 0.25) is 0 Å². The van der Waals surface area contributed by atoms with Crippen LogP contribution in [0, 0.1) is 30.3 Å². The van der Waals surface area contributed by atoms with Crippen LogP contribution in [0.5, 0.6) is 11.5 Å². The Hall–Kier alpha value is -7.11. The van der Waals surface area contributed by atoms with Gasteiger partial charge in [-0.05, 0) is 64.4 Å². The molecule has 0 aliphatic rings. The van der Waals surface area contributed by atoms with Crippen molar-refractivity contribution < 1.29 is 53.6 Å². The average Bonchev–Trinajstić information content (AvgIpc) is 3.10. The highest BCUT2D eigenvalue weighted by atomic mass is 17.0. The molecule has 1 unspecified atom stereocenters. The van der Waals surface area contributed by atoms with Gasteiger partial charge < -0.3 is 29.3 Å². The molecule has 4 aromatic rings. The maximum Gasteiger partial charge on any atom is 0.315 e. The SMILES string of the molecule is CC(Cc1ccc(OC(=O)Cc2cccc(CO[N+](=O)[O-])c2)c(OC(=O)Cc2cccc(CO[N+](=O)[O-])c2)c1)NC(=O)Cc1cccc(CO[N+](=O)[O-])c1. The Morgan fingerprint density at radius 1 is 0.556 bits per heavy atom. The van der Waals surface area contributed by atoms with Crippen LogP contribution in [-0.2, 0) is 74.4 Å². The summed E-state index contributed by atoms with van der Waals surface area (Å²) in [7, 11) is 0. The zero-order valence-electron chi connectivity index (χ0n) is 28.7. The molecule has 0 bridgehead atoms. The smallest absolute Gasteiger partial charge is 0.315 e. The van der Waals surface area contributed by atoms with E-state index in [1.165, 1.54) is 12.1 Å². The van der Waals surface area contributed by atoms with Crippen LogP contribution < -0.4 is 14.8 Å². The molecule has 1 N–H and O–H groups in total. The quantitative estimate of drug-likeness (QED) is 0.0571. The fourth-order valence-corrected chi connectivity index (χ4v) is 5.28. The molecule has 0 fully saturated rings. The Labute approximate surface area is 306 Å². The van der Waals surface area contributed by atoms with Gasteiger partial charge in [0, 0.05) is 6.04 Å². The number of amides is 1. The zero-order chi connectivity index (χ0) is 39.0. The maximum absolute atomic E-state index is 13.1. The maximum atomic E-state index is 13.1. The number of hydrogen-bond donors (Lipinski definition) is 1. The molecule has 18 nitrogen and oxygen atoms in total. The van der Waals surface area contributed by atoms with Gasteiger partial charge in [0.2, 0.25) is 5.91 Å². The molecule has 18 heteroatoms. The molecule has 0 saturated heterocycles. The summed E-state index contributed by atoms with van der Waals surface area (Å²) >= 11 is 0. The topological polar surface area (TPSA) is 239 Å². The second kappa shape index (κ2) is 19.5. The summed E-state index contributed by atoms with van der Waals surface area (Å²) in [6.45, 7) is 0.886. The van der Waals surface area contributed by atoms with Crippen LogP contribution in [-0.4, -0.2) is 39.1 Å². The van der Waals surface area contributed by atoms with Gasteiger partial charge in [-0.2, -0.15) is 0 Å². The van der Waals surface area contributed by atoms with E-state index in [-0.39, 0.29) is 62.9 Å². The predicted molar refractivity (Wildman–Crippen MR) is 185 cm³/mol. The molecule has 0 aliphatic carbocycles. The lowest BCUT2D eigenvalue weighted by molar-refractivity contribution is -0.763. The Balaban J connectivity index is 1.46. The van der Waals surface area contributed by atoms with Gasteiger partial charge in [-0.3, -0.25) is 14.4 Å². The van der Waals surface area contributed by atoms with E-state index < -0.39 is 33.2 Å². The Morgan fingerprint density at radius 3 is 1.41 bits per heavy atom. The third kappa shape index (κ3) is 13.9. The van der Waals surface area contributed by atoms with Crippen LogP contribution in [0.3, 0.4) is 0 Å². The van der Waals surface area contributed by atoms with Gasteiger partial charge in [0.05, 0.1) is 19.3 Å². The number of carbonyl (C=O) groups is 3. The number of carbonyl (C=O) groups excluding carboxylic acids is 3. The molecule has 1 atom stereocenters. The van der Waals surface area contributed by atoms with Gasteiger partial charge in [0.1, 0.15) is 19.8 Å². The molecular formula is C36H34N4O14. The van der Waals surface area contributed by atoms with E-state index in [4.69, 9.17) is 9.47 Å². The summed E-state index contributed by atoms with van der Waals surface area (Å²) in [6.07, 6.45) is -0.192. The average molecular weight is 747 g/mol. The largest absolute Gasteiger partial charge is 0.422 e. The van der Waals surface area contributed by atoms with Crippen molar-refractivity contribution in [3.63, 3.8) is 0 Å². The molecule has 0 aromatic heterocycles. The van der Waals surface area contributed by atoms with Crippen LogP contribution in [0.25, 0.3) is 0 Å². The molecule has 4 aromatic carbocycles. The number of nitrogens with zero attached hydrogens (tertiary/aromatic N) is 3. The monoisotopic (exact) mass is 746 g/mol. The van der Waals surface area contributed by atoms with Crippen molar-refractivity contribution >= 4 is 17.8 Å². The molecule has 4 rings (SSSR count). The second-order valence-corrected chi connectivity index (χ2v) is 11.9. The fraction of sp³-hybridized carbons (Fsp3) is 0.250. The minimum Gasteiger partial charge on any atom is -0.422 e. The number of hydrogen-bond acceptors (Lipinski definition) is 14. The van der Waals surface area contributed by atoms with Crippen molar-refractivity contribution in [2.75, 3.05) is 0 Å². The summed E-state index contributed by atoms with van der Waals surface area (Å²) in [5.74, 6) is -1.93. The van der Waals surface area contributed by atoms with Crippen LogP contribution in [0.15, 0.2) is 91.0 Å². The van der Waals surface area contributed by atoms with E-state index >= 15 is 0 Å². The molecule has 1 amide bonds. The minimum absolute atomic E-state index is 0.000578. The first-order chi connectivity index (χ1) is 25.8.